The van der Waals surface area contributed by atoms with Crippen molar-refractivity contribution in [3.05, 3.63) is 35.1 Å². The van der Waals surface area contributed by atoms with Crippen LogP contribution in [0.2, 0.25) is 0 Å². The largest absolute Gasteiger partial charge is 0.377 e. The van der Waals surface area contributed by atoms with Crippen LogP contribution in [0.4, 0.5) is 4.39 Å². The molecular weight excluding hydrogens is 432 g/mol. The molecule has 1 aromatic carbocycles. The van der Waals surface area contributed by atoms with E-state index in [9.17, 15) is 4.39 Å². The SMILES string of the molecule is CN=C(NCc1ccc(F)c(C)c1)NC1C2CCOC2C12CCC2.I. The molecule has 6 heteroatoms. The van der Waals surface area contributed by atoms with Crippen molar-refractivity contribution in [1.29, 1.82) is 0 Å². The zero-order valence-electron chi connectivity index (χ0n) is 14.8. The lowest BCUT2D eigenvalue weighted by Gasteiger charge is -2.63. The molecule has 25 heavy (non-hydrogen) atoms. The zero-order chi connectivity index (χ0) is 16.7. The van der Waals surface area contributed by atoms with Crippen molar-refractivity contribution < 1.29 is 9.13 Å². The first-order valence-corrected chi connectivity index (χ1v) is 8.98. The number of guanidine groups is 1. The van der Waals surface area contributed by atoms with Gasteiger partial charge in [-0.3, -0.25) is 4.99 Å². The Bertz CT molecular complexity index is 662. The van der Waals surface area contributed by atoms with Crippen molar-refractivity contribution in [2.45, 2.75) is 51.3 Å². The molecule has 3 fully saturated rings. The number of rotatable bonds is 3. The maximum atomic E-state index is 13.4. The highest BCUT2D eigenvalue weighted by Gasteiger charge is 2.66. The number of halogens is 2. The number of hydrogen-bond donors (Lipinski definition) is 2. The summed E-state index contributed by atoms with van der Waals surface area (Å²) in [7, 11) is 1.81. The average molecular weight is 459 g/mol. The van der Waals surface area contributed by atoms with Crippen molar-refractivity contribution in [1.82, 2.24) is 10.6 Å². The standard InChI is InChI=1S/C19H26FN3O.HI/c1-12-10-13(4-5-15(12)20)11-22-18(21-2)23-16-14-6-9-24-17(14)19(16)7-3-8-19;/h4-5,10,14,16-17H,3,6-9,11H2,1-2H3,(H2,21,22,23);1H. The van der Waals surface area contributed by atoms with Gasteiger partial charge in [-0.05, 0) is 43.4 Å². The third-order valence-corrected chi connectivity index (χ3v) is 6.23. The van der Waals surface area contributed by atoms with Crippen LogP contribution in [0.1, 0.15) is 36.8 Å². The van der Waals surface area contributed by atoms with E-state index < -0.39 is 0 Å². The predicted octanol–water partition coefficient (Wildman–Crippen LogP) is 3.37. The molecule has 4 nitrogen and oxygen atoms in total. The molecule has 0 amide bonds. The molecule has 2 saturated carbocycles. The summed E-state index contributed by atoms with van der Waals surface area (Å²) in [5.41, 5.74) is 2.08. The minimum Gasteiger partial charge on any atom is -0.377 e. The van der Waals surface area contributed by atoms with E-state index in [1.807, 2.05) is 12.1 Å². The van der Waals surface area contributed by atoms with Crippen molar-refractivity contribution in [2.75, 3.05) is 13.7 Å². The van der Waals surface area contributed by atoms with Gasteiger partial charge in [0.2, 0.25) is 0 Å². The van der Waals surface area contributed by atoms with E-state index in [4.69, 9.17) is 4.74 Å². The first kappa shape index (κ1) is 18.9. The Morgan fingerprint density at radius 2 is 2.20 bits per heavy atom. The van der Waals surface area contributed by atoms with Gasteiger partial charge in [0.25, 0.3) is 0 Å². The van der Waals surface area contributed by atoms with Crippen molar-refractivity contribution >= 4 is 29.9 Å². The Kier molecular flexibility index (Phi) is 5.58. The van der Waals surface area contributed by atoms with Crippen molar-refractivity contribution in [2.24, 2.45) is 16.3 Å². The third kappa shape index (κ3) is 3.16. The monoisotopic (exact) mass is 459 g/mol. The van der Waals surface area contributed by atoms with Gasteiger partial charge < -0.3 is 15.4 Å². The summed E-state index contributed by atoms with van der Waals surface area (Å²) < 4.78 is 19.3. The second-order valence-electron chi connectivity index (χ2n) is 7.46. The molecule has 1 heterocycles. The van der Waals surface area contributed by atoms with Gasteiger partial charge in [-0.25, -0.2) is 4.39 Å². The number of aryl methyl sites for hydroxylation is 1. The van der Waals surface area contributed by atoms with E-state index in [2.05, 4.69) is 15.6 Å². The molecule has 3 unspecified atom stereocenters. The third-order valence-electron chi connectivity index (χ3n) is 6.23. The second kappa shape index (κ2) is 7.39. The smallest absolute Gasteiger partial charge is 0.191 e. The van der Waals surface area contributed by atoms with E-state index in [1.165, 1.54) is 25.3 Å². The number of aliphatic imine (C=N–C) groups is 1. The maximum absolute atomic E-state index is 13.4. The summed E-state index contributed by atoms with van der Waals surface area (Å²) in [6.07, 6.45) is 5.45. The van der Waals surface area contributed by atoms with Crippen LogP contribution in [0.3, 0.4) is 0 Å². The molecule has 0 radical (unpaired) electrons. The van der Waals surface area contributed by atoms with Crippen LogP contribution < -0.4 is 10.6 Å². The van der Waals surface area contributed by atoms with Gasteiger partial charge in [-0.15, -0.1) is 24.0 Å². The van der Waals surface area contributed by atoms with Gasteiger partial charge in [-0.2, -0.15) is 0 Å². The van der Waals surface area contributed by atoms with E-state index in [-0.39, 0.29) is 29.8 Å². The first-order chi connectivity index (χ1) is 11.6. The lowest BCUT2D eigenvalue weighted by Crippen LogP contribution is -2.72. The lowest BCUT2D eigenvalue weighted by molar-refractivity contribution is -0.171. The predicted molar refractivity (Wildman–Crippen MR) is 108 cm³/mol. The highest BCUT2D eigenvalue weighted by molar-refractivity contribution is 14.0. The van der Waals surface area contributed by atoms with E-state index in [1.54, 1.807) is 14.0 Å². The number of nitrogens with zero attached hydrogens (tertiary/aromatic N) is 1. The molecule has 2 aliphatic carbocycles. The van der Waals surface area contributed by atoms with Gasteiger partial charge in [0.1, 0.15) is 5.82 Å². The number of ether oxygens (including phenoxy) is 1. The number of fused-ring (bicyclic) bond motifs is 2. The Hall–Kier alpha value is -0.890. The molecule has 2 N–H and O–H groups in total. The molecule has 4 rings (SSSR count). The molecule has 0 bridgehead atoms. The van der Waals surface area contributed by atoms with Crippen LogP contribution in [0.5, 0.6) is 0 Å². The summed E-state index contributed by atoms with van der Waals surface area (Å²) in [6.45, 7) is 3.34. The Labute approximate surface area is 166 Å². The first-order valence-electron chi connectivity index (χ1n) is 8.98. The summed E-state index contributed by atoms with van der Waals surface area (Å²) in [5.74, 6) is 1.30. The highest BCUT2D eigenvalue weighted by atomic mass is 127. The van der Waals surface area contributed by atoms with E-state index in [0.29, 0.717) is 35.6 Å². The molecule has 0 aromatic heterocycles. The molecule has 3 atom stereocenters. The molecule has 3 aliphatic rings. The fraction of sp³-hybridized carbons (Fsp3) is 0.632. The molecule has 1 spiro atoms. The van der Waals surface area contributed by atoms with Gasteiger partial charge in [-0.1, -0.05) is 18.6 Å². The fourth-order valence-electron chi connectivity index (χ4n) is 4.80. The van der Waals surface area contributed by atoms with Crippen LogP contribution >= 0.6 is 24.0 Å². The van der Waals surface area contributed by atoms with Gasteiger partial charge in [0, 0.05) is 37.6 Å². The average Bonchev–Trinajstić information content (AvgIpc) is 2.94. The van der Waals surface area contributed by atoms with Gasteiger partial charge >= 0.3 is 0 Å². The Balaban J connectivity index is 0.00000182. The minimum atomic E-state index is -0.157. The van der Waals surface area contributed by atoms with Gasteiger partial charge in [0.15, 0.2) is 5.96 Å². The molecule has 1 saturated heterocycles. The van der Waals surface area contributed by atoms with Crippen LogP contribution in [0.25, 0.3) is 0 Å². The summed E-state index contributed by atoms with van der Waals surface area (Å²) >= 11 is 0. The van der Waals surface area contributed by atoms with E-state index in [0.717, 1.165) is 24.6 Å². The normalized spacial score (nSPS) is 29.2. The Morgan fingerprint density at radius 1 is 1.40 bits per heavy atom. The van der Waals surface area contributed by atoms with Crippen LogP contribution in [0.15, 0.2) is 23.2 Å². The Morgan fingerprint density at radius 3 is 2.84 bits per heavy atom. The minimum absolute atomic E-state index is 0. The quantitative estimate of drug-likeness (QED) is 0.414. The number of nitrogens with one attached hydrogen (secondary N) is 2. The van der Waals surface area contributed by atoms with Gasteiger partial charge in [0.05, 0.1) is 6.10 Å². The van der Waals surface area contributed by atoms with Crippen molar-refractivity contribution in [3.63, 3.8) is 0 Å². The number of hydrogen-bond acceptors (Lipinski definition) is 2. The highest BCUT2D eigenvalue weighted by Crippen LogP contribution is 2.62. The summed E-state index contributed by atoms with van der Waals surface area (Å²) in [4.78, 5) is 4.38. The summed E-state index contributed by atoms with van der Waals surface area (Å²) in [5, 5.41) is 7.02. The van der Waals surface area contributed by atoms with Crippen LogP contribution in [-0.2, 0) is 11.3 Å². The summed E-state index contributed by atoms with van der Waals surface area (Å²) in [6, 6.07) is 5.70. The molecular formula is C19H27FIN3O. The number of benzene rings is 1. The van der Waals surface area contributed by atoms with Crippen molar-refractivity contribution in [3.8, 4) is 0 Å². The topological polar surface area (TPSA) is 45.7 Å². The molecule has 1 aliphatic heterocycles. The maximum Gasteiger partial charge on any atom is 0.191 e. The lowest BCUT2D eigenvalue weighted by atomic mass is 9.46. The van der Waals surface area contributed by atoms with Crippen LogP contribution in [-0.4, -0.2) is 31.8 Å². The second-order valence-corrected chi connectivity index (χ2v) is 7.46. The molecule has 138 valence electrons. The van der Waals surface area contributed by atoms with E-state index >= 15 is 0 Å². The van der Waals surface area contributed by atoms with Crippen LogP contribution in [0, 0.1) is 24.1 Å². The zero-order valence-corrected chi connectivity index (χ0v) is 17.2. The molecule has 1 aromatic rings. The fourth-order valence-corrected chi connectivity index (χ4v) is 4.80.